The maximum Gasteiger partial charge on any atom is 0.293 e. The third kappa shape index (κ3) is 4.35. The molecule has 0 saturated heterocycles. The summed E-state index contributed by atoms with van der Waals surface area (Å²) in [7, 11) is 0. The van der Waals surface area contributed by atoms with Crippen LogP contribution in [0.3, 0.4) is 0 Å². The second-order valence-electron chi connectivity index (χ2n) is 6.41. The van der Waals surface area contributed by atoms with Crippen LogP contribution in [0.25, 0.3) is 0 Å². The molecule has 0 aromatic heterocycles. The van der Waals surface area contributed by atoms with E-state index in [0.29, 0.717) is 23.5 Å². The molecule has 0 saturated carbocycles. The van der Waals surface area contributed by atoms with Crippen LogP contribution in [0.5, 0.6) is 5.75 Å². The minimum atomic E-state index is -0.499. The first-order valence-corrected chi connectivity index (χ1v) is 8.78. The van der Waals surface area contributed by atoms with E-state index in [-0.39, 0.29) is 11.4 Å². The van der Waals surface area contributed by atoms with Gasteiger partial charge >= 0.3 is 0 Å². The highest BCUT2D eigenvalue weighted by Gasteiger charge is 2.20. The first-order chi connectivity index (χ1) is 13.5. The molecule has 0 atom stereocenters. The minimum Gasteiger partial charge on any atom is -0.489 e. The molecule has 0 heterocycles. The quantitative estimate of drug-likeness (QED) is 0.482. The molecule has 0 radical (unpaired) electrons. The van der Waals surface area contributed by atoms with Crippen molar-refractivity contribution < 1.29 is 14.5 Å². The summed E-state index contributed by atoms with van der Waals surface area (Å²) in [5.74, 6) is 0.119. The van der Waals surface area contributed by atoms with E-state index in [0.717, 1.165) is 11.1 Å². The minimum absolute atomic E-state index is 0.132. The maximum absolute atomic E-state index is 12.7. The smallest absolute Gasteiger partial charge is 0.293 e. The molecule has 0 aliphatic rings. The van der Waals surface area contributed by atoms with Gasteiger partial charge in [0.25, 0.3) is 11.6 Å². The molecule has 28 heavy (non-hydrogen) atoms. The zero-order chi connectivity index (χ0) is 20.1. The predicted molar refractivity (Wildman–Crippen MR) is 108 cm³/mol. The van der Waals surface area contributed by atoms with Crippen molar-refractivity contribution >= 4 is 17.3 Å². The predicted octanol–water partition coefficient (Wildman–Crippen LogP) is 5.04. The van der Waals surface area contributed by atoms with Crippen molar-refractivity contribution in [3.8, 4) is 5.75 Å². The van der Waals surface area contributed by atoms with Crippen LogP contribution >= 0.6 is 0 Å². The van der Waals surface area contributed by atoms with Crippen LogP contribution in [0.1, 0.15) is 27.0 Å². The number of nitrogens with one attached hydrogen (secondary N) is 1. The van der Waals surface area contributed by atoms with Gasteiger partial charge in [-0.05, 0) is 48.7 Å². The fourth-order valence-corrected chi connectivity index (χ4v) is 2.77. The van der Waals surface area contributed by atoms with Crippen molar-refractivity contribution in [2.75, 3.05) is 5.32 Å². The van der Waals surface area contributed by atoms with Crippen molar-refractivity contribution in [2.45, 2.75) is 20.5 Å². The van der Waals surface area contributed by atoms with Crippen LogP contribution < -0.4 is 10.1 Å². The molecule has 3 rings (SSSR count). The number of rotatable bonds is 6. The Morgan fingerprint density at radius 2 is 1.79 bits per heavy atom. The topological polar surface area (TPSA) is 81.5 Å². The summed E-state index contributed by atoms with van der Waals surface area (Å²) in [6.07, 6.45) is 0. The van der Waals surface area contributed by atoms with Gasteiger partial charge < -0.3 is 10.1 Å². The number of hydrogen-bond acceptors (Lipinski definition) is 4. The fourth-order valence-electron chi connectivity index (χ4n) is 2.77. The van der Waals surface area contributed by atoms with E-state index in [2.05, 4.69) is 5.32 Å². The molecule has 6 heteroatoms. The molecule has 142 valence electrons. The lowest BCUT2D eigenvalue weighted by molar-refractivity contribution is -0.384. The zero-order valence-corrected chi connectivity index (χ0v) is 15.6. The Labute approximate surface area is 162 Å². The molecule has 0 aliphatic carbocycles. The van der Waals surface area contributed by atoms with Gasteiger partial charge in [0.05, 0.1) is 4.92 Å². The van der Waals surface area contributed by atoms with E-state index in [1.165, 1.54) is 6.07 Å². The number of ether oxygens (including phenoxy) is 1. The van der Waals surface area contributed by atoms with Crippen molar-refractivity contribution in [2.24, 2.45) is 0 Å². The largest absolute Gasteiger partial charge is 0.489 e. The summed E-state index contributed by atoms with van der Waals surface area (Å²) in [6, 6.07) is 19.5. The number of hydrogen-bond donors (Lipinski definition) is 1. The number of nitrogens with zero attached hydrogens (tertiary/aromatic N) is 1. The van der Waals surface area contributed by atoms with E-state index in [4.69, 9.17) is 4.74 Å². The molecule has 0 aliphatic heterocycles. The first-order valence-electron chi connectivity index (χ1n) is 8.78. The molecular weight excluding hydrogens is 356 g/mol. The average Bonchev–Trinajstić information content (AvgIpc) is 2.70. The Morgan fingerprint density at radius 3 is 2.50 bits per heavy atom. The Morgan fingerprint density at radius 1 is 1.04 bits per heavy atom. The lowest BCUT2D eigenvalue weighted by Crippen LogP contribution is -2.14. The van der Waals surface area contributed by atoms with Gasteiger partial charge in [0.15, 0.2) is 0 Å². The van der Waals surface area contributed by atoms with E-state index in [1.807, 2.05) is 37.3 Å². The monoisotopic (exact) mass is 376 g/mol. The molecule has 1 N–H and O–H groups in total. The summed E-state index contributed by atoms with van der Waals surface area (Å²) in [5, 5.41) is 14.0. The van der Waals surface area contributed by atoms with Crippen molar-refractivity contribution in [1.82, 2.24) is 0 Å². The maximum atomic E-state index is 12.7. The lowest BCUT2D eigenvalue weighted by atomic mass is 10.1. The van der Waals surface area contributed by atoms with Crippen molar-refractivity contribution in [3.05, 3.63) is 99.1 Å². The fraction of sp³-hybridized carbons (Fsp3) is 0.136. The van der Waals surface area contributed by atoms with Crippen LogP contribution in [0.4, 0.5) is 11.4 Å². The third-order valence-electron chi connectivity index (χ3n) is 4.49. The summed E-state index contributed by atoms with van der Waals surface area (Å²) >= 11 is 0. The van der Waals surface area contributed by atoms with Gasteiger partial charge in [0.2, 0.25) is 0 Å². The average molecular weight is 376 g/mol. The van der Waals surface area contributed by atoms with Gasteiger partial charge in [0, 0.05) is 11.6 Å². The SMILES string of the molecule is Cc1ccc([N+](=O)[O-])c(NC(=O)c2cccc(OCc3ccccc3)c2)c1C. The molecule has 0 unspecified atom stereocenters. The zero-order valence-electron chi connectivity index (χ0n) is 15.6. The number of carbonyl (C=O) groups is 1. The van der Waals surface area contributed by atoms with Gasteiger partial charge in [-0.1, -0.05) is 42.5 Å². The first kappa shape index (κ1) is 19.1. The number of benzene rings is 3. The summed E-state index contributed by atoms with van der Waals surface area (Å²) in [6.45, 7) is 3.97. The highest BCUT2D eigenvalue weighted by Crippen LogP contribution is 2.30. The Hall–Kier alpha value is -3.67. The molecule has 0 spiro atoms. The number of aryl methyl sites for hydroxylation is 1. The highest BCUT2D eigenvalue weighted by atomic mass is 16.6. The molecule has 0 fully saturated rings. The van der Waals surface area contributed by atoms with E-state index >= 15 is 0 Å². The highest BCUT2D eigenvalue weighted by molar-refractivity contribution is 6.06. The number of nitro groups is 1. The van der Waals surface area contributed by atoms with Gasteiger partial charge in [-0.2, -0.15) is 0 Å². The number of amides is 1. The van der Waals surface area contributed by atoms with Crippen LogP contribution in [0, 0.1) is 24.0 Å². The van der Waals surface area contributed by atoms with Crippen molar-refractivity contribution in [3.63, 3.8) is 0 Å². The Kier molecular flexibility index (Phi) is 5.69. The van der Waals surface area contributed by atoms with Gasteiger partial charge in [-0.15, -0.1) is 0 Å². The van der Waals surface area contributed by atoms with Crippen LogP contribution in [-0.4, -0.2) is 10.8 Å². The number of anilines is 1. The van der Waals surface area contributed by atoms with Crippen LogP contribution in [0.2, 0.25) is 0 Å². The molecule has 6 nitrogen and oxygen atoms in total. The van der Waals surface area contributed by atoms with E-state index in [9.17, 15) is 14.9 Å². The van der Waals surface area contributed by atoms with Crippen LogP contribution in [0.15, 0.2) is 66.7 Å². The van der Waals surface area contributed by atoms with Crippen molar-refractivity contribution in [1.29, 1.82) is 0 Å². The third-order valence-corrected chi connectivity index (χ3v) is 4.49. The molecule has 1 amide bonds. The van der Waals surface area contributed by atoms with Gasteiger partial charge in [0.1, 0.15) is 18.0 Å². The van der Waals surface area contributed by atoms with Crippen LogP contribution in [-0.2, 0) is 6.61 Å². The normalized spacial score (nSPS) is 10.4. The summed E-state index contributed by atoms with van der Waals surface area (Å²) < 4.78 is 5.75. The molecule has 3 aromatic carbocycles. The second-order valence-corrected chi connectivity index (χ2v) is 6.41. The Bertz CT molecular complexity index is 1020. The van der Waals surface area contributed by atoms with E-state index in [1.54, 1.807) is 37.3 Å². The second kappa shape index (κ2) is 8.35. The lowest BCUT2D eigenvalue weighted by Gasteiger charge is -2.12. The molecule has 0 bridgehead atoms. The van der Waals surface area contributed by atoms with Gasteiger partial charge in [-0.25, -0.2) is 0 Å². The standard InChI is InChI=1S/C22H20N2O4/c1-15-11-12-20(24(26)27)21(16(15)2)23-22(25)18-9-6-10-19(13-18)28-14-17-7-4-3-5-8-17/h3-13H,14H2,1-2H3,(H,23,25). The van der Waals surface area contributed by atoms with Gasteiger partial charge in [-0.3, -0.25) is 14.9 Å². The number of carbonyl (C=O) groups excluding carboxylic acids is 1. The van der Waals surface area contributed by atoms with E-state index < -0.39 is 10.8 Å². The summed E-state index contributed by atoms with van der Waals surface area (Å²) in [5.41, 5.74) is 2.99. The number of nitro benzene ring substituents is 1. The summed E-state index contributed by atoms with van der Waals surface area (Å²) in [4.78, 5) is 23.5. The molecule has 3 aromatic rings. The Balaban J connectivity index is 1.79. The molecular formula is C22H20N2O4.